The Hall–Kier alpha value is -2.96. The highest BCUT2D eigenvalue weighted by atomic mass is 35.5. The summed E-state index contributed by atoms with van der Waals surface area (Å²) in [5.41, 5.74) is 2.71. The van der Waals surface area contributed by atoms with Gasteiger partial charge in [0.25, 0.3) is 0 Å². The van der Waals surface area contributed by atoms with Gasteiger partial charge in [-0.05, 0) is 23.8 Å². The zero-order chi connectivity index (χ0) is 27.5. The average Bonchev–Trinajstić information content (AvgIpc) is 3.58. The number of pyridine rings is 1. The fourth-order valence-corrected chi connectivity index (χ4v) is 5.80. The Balaban J connectivity index is 1.20. The van der Waals surface area contributed by atoms with Crippen LogP contribution in [0.3, 0.4) is 0 Å². The van der Waals surface area contributed by atoms with E-state index in [4.69, 9.17) is 30.8 Å². The second-order valence-corrected chi connectivity index (χ2v) is 12.8. The molecule has 12 heteroatoms. The van der Waals surface area contributed by atoms with Crippen LogP contribution in [0.4, 0.5) is 20.2 Å². The number of ether oxygens (including phenoxy) is 3. The van der Waals surface area contributed by atoms with Gasteiger partial charge in [0.05, 0.1) is 41.7 Å². The van der Waals surface area contributed by atoms with Crippen LogP contribution in [0.1, 0.15) is 5.69 Å². The monoisotopic (exact) mass is 575 g/mol. The molecule has 3 aliphatic rings. The maximum atomic E-state index is 14.8. The lowest BCUT2D eigenvalue weighted by Gasteiger charge is -2.17. The lowest BCUT2D eigenvalue weighted by Crippen LogP contribution is -2.34. The van der Waals surface area contributed by atoms with E-state index in [1.807, 2.05) is 0 Å². The van der Waals surface area contributed by atoms with E-state index in [-0.39, 0.29) is 30.1 Å². The van der Waals surface area contributed by atoms with Crippen molar-refractivity contribution in [1.29, 1.82) is 0 Å². The van der Waals surface area contributed by atoms with Gasteiger partial charge in [-0.15, -0.1) is 0 Å². The molecule has 204 valence electrons. The summed E-state index contributed by atoms with van der Waals surface area (Å²) in [6.45, 7) is 0.512. The molecule has 0 aliphatic carbocycles. The number of fused-ring (bicyclic) bond motifs is 2. The molecule has 1 N–H and O–H groups in total. The number of hydrogen-bond donors (Lipinski definition) is 1. The summed E-state index contributed by atoms with van der Waals surface area (Å²) >= 11 is 6.54. The first-order valence-corrected chi connectivity index (χ1v) is 14.9. The molecule has 39 heavy (non-hydrogen) atoms. The molecule has 0 bridgehead atoms. The van der Waals surface area contributed by atoms with E-state index < -0.39 is 33.6 Å². The predicted molar refractivity (Wildman–Crippen MR) is 143 cm³/mol. The highest BCUT2D eigenvalue weighted by Gasteiger charge is 2.49. The summed E-state index contributed by atoms with van der Waals surface area (Å²) < 4.78 is 62.3. The fraction of sp³-hybridized carbons (Fsp3) is 0.333. The Kier molecular flexibility index (Phi) is 6.67. The van der Waals surface area contributed by atoms with Crippen molar-refractivity contribution < 1.29 is 32.3 Å². The maximum Gasteiger partial charge on any atom is 0.195 e. The van der Waals surface area contributed by atoms with E-state index in [1.165, 1.54) is 24.6 Å². The minimum absolute atomic E-state index is 0.0526. The third kappa shape index (κ3) is 5.05. The van der Waals surface area contributed by atoms with Crippen LogP contribution < -0.4 is 0 Å². The van der Waals surface area contributed by atoms with Crippen LogP contribution >= 0.6 is 11.6 Å². The summed E-state index contributed by atoms with van der Waals surface area (Å²) in [5, 5.41) is 10.3. The summed E-state index contributed by atoms with van der Waals surface area (Å²) in [6.07, 6.45) is 1.28. The van der Waals surface area contributed by atoms with Crippen LogP contribution in [-0.2, 0) is 30.4 Å². The molecule has 2 saturated heterocycles. The van der Waals surface area contributed by atoms with Crippen molar-refractivity contribution in [2.24, 2.45) is 9.36 Å². The number of aliphatic imine (C=N–C) groups is 1. The predicted octanol–water partition coefficient (Wildman–Crippen LogP) is 4.84. The van der Waals surface area contributed by atoms with E-state index in [0.717, 1.165) is 0 Å². The molecule has 0 unspecified atom stereocenters. The first-order valence-electron chi connectivity index (χ1n) is 12.2. The average molecular weight is 576 g/mol. The molecule has 0 radical (unpaired) electrons. The molecule has 3 aromatic rings. The van der Waals surface area contributed by atoms with E-state index in [2.05, 4.69) is 9.36 Å². The first kappa shape index (κ1) is 26.3. The number of halogens is 3. The molecule has 4 heterocycles. The van der Waals surface area contributed by atoms with Gasteiger partial charge in [-0.25, -0.2) is 23.0 Å². The minimum Gasteiger partial charge on any atom is -0.472 e. The van der Waals surface area contributed by atoms with Crippen molar-refractivity contribution in [3.63, 3.8) is 0 Å². The molecular weight excluding hydrogens is 552 g/mol. The first-order chi connectivity index (χ1) is 18.6. The van der Waals surface area contributed by atoms with Crippen LogP contribution in [0.15, 0.2) is 51.8 Å². The maximum absolute atomic E-state index is 14.8. The van der Waals surface area contributed by atoms with Gasteiger partial charge in [0, 0.05) is 33.4 Å². The Morgan fingerprint density at radius 2 is 1.77 bits per heavy atom. The largest absolute Gasteiger partial charge is 0.472 e. The third-order valence-corrected chi connectivity index (χ3v) is 7.64. The number of aliphatic hydroxyl groups excluding tert-OH is 1. The van der Waals surface area contributed by atoms with E-state index in [9.17, 15) is 18.1 Å². The molecular formula is C27H24ClF2N3O5S. The Morgan fingerprint density at radius 1 is 1.05 bits per heavy atom. The third-order valence-electron chi connectivity index (χ3n) is 6.71. The Labute approximate surface area is 228 Å². The molecule has 3 aliphatic heterocycles. The Morgan fingerprint density at radius 3 is 2.51 bits per heavy atom. The van der Waals surface area contributed by atoms with Gasteiger partial charge in [0.15, 0.2) is 23.6 Å². The molecule has 2 aromatic carbocycles. The quantitative estimate of drug-likeness (QED) is 0.478. The number of aromatic nitrogens is 1. The van der Waals surface area contributed by atoms with Gasteiger partial charge >= 0.3 is 0 Å². The second kappa shape index (κ2) is 9.90. The number of aliphatic hydroxyl groups is 1. The zero-order valence-corrected chi connectivity index (χ0v) is 22.5. The van der Waals surface area contributed by atoms with Crippen LogP contribution in [0, 0.1) is 11.6 Å². The van der Waals surface area contributed by atoms with Gasteiger partial charge in [0.2, 0.25) is 0 Å². The second-order valence-electron chi connectivity index (χ2n) is 9.90. The molecule has 6 rings (SSSR count). The molecule has 0 amide bonds. The normalized spacial score (nSPS) is 23.9. The van der Waals surface area contributed by atoms with Crippen molar-refractivity contribution in [2.75, 3.05) is 25.7 Å². The van der Waals surface area contributed by atoms with Crippen LogP contribution in [0.25, 0.3) is 22.4 Å². The van der Waals surface area contributed by atoms with Gasteiger partial charge in [0.1, 0.15) is 24.0 Å². The molecule has 8 nitrogen and oxygen atoms in total. The standard InChI is InChI=1S/C27H24ClF2N3O5S/c1-39(2,35)33-17-8-7-15(23(29)24(17)30)13-3-5-14(6-4-13)25-16(28)9-18-19(32-25)10-22(31-18)38-21-12-37-26-20(34)11-36-27(21)26/h3-9,20-21,26-27,34H,10-12H2,1-2H3/t20-,21-,26-,27-/m1/s1. The topological polar surface area (TPSA) is 103 Å². The number of rotatable bonds is 4. The van der Waals surface area contributed by atoms with Gasteiger partial charge in [-0.3, -0.25) is 0 Å². The fourth-order valence-electron chi connectivity index (χ4n) is 4.93. The van der Waals surface area contributed by atoms with E-state index in [0.29, 0.717) is 52.2 Å². The van der Waals surface area contributed by atoms with Crippen molar-refractivity contribution >= 4 is 38.6 Å². The molecule has 2 fully saturated rings. The summed E-state index contributed by atoms with van der Waals surface area (Å²) in [4.78, 5) is 9.22. The van der Waals surface area contributed by atoms with Gasteiger partial charge in [-0.1, -0.05) is 35.9 Å². The summed E-state index contributed by atoms with van der Waals surface area (Å²) in [5.74, 6) is -1.75. The lowest BCUT2D eigenvalue weighted by atomic mass is 10.0. The number of nitrogens with zero attached hydrogens (tertiary/aromatic N) is 3. The summed E-state index contributed by atoms with van der Waals surface area (Å²) in [7, 11) is -2.64. The number of benzene rings is 2. The van der Waals surface area contributed by atoms with Crippen molar-refractivity contribution in [1.82, 2.24) is 4.98 Å². The summed E-state index contributed by atoms with van der Waals surface area (Å²) in [6, 6.07) is 11.2. The SMILES string of the molecule is CS(C)(=O)=Nc1ccc(-c2ccc(-c3nc4c(cc3Cl)N=C(O[C@@H]3CO[C@H]5[C@@H]3OC[C@H]5O)C4)cc2)c(F)c1F. The molecule has 0 saturated carbocycles. The van der Waals surface area contributed by atoms with Crippen LogP contribution in [-0.4, -0.2) is 70.3 Å². The van der Waals surface area contributed by atoms with Crippen molar-refractivity contribution in [2.45, 2.75) is 30.8 Å². The number of hydrogen-bond acceptors (Lipinski definition) is 8. The molecule has 0 spiro atoms. The lowest BCUT2D eigenvalue weighted by molar-refractivity contribution is 0.00558. The van der Waals surface area contributed by atoms with E-state index >= 15 is 0 Å². The smallest absolute Gasteiger partial charge is 0.195 e. The molecule has 1 aromatic heterocycles. The Bertz CT molecular complexity index is 1620. The van der Waals surface area contributed by atoms with Crippen molar-refractivity contribution in [3.05, 3.63) is 64.8 Å². The zero-order valence-electron chi connectivity index (χ0n) is 20.9. The highest BCUT2D eigenvalue weighted by Crippen LogP contribution is 2.37. The minimum atomic E-state index is -2.64. The van der Waals surface area contributed by atoms with Crippen LogP contribution in [0.2, 0.25) is 5.02 Å². The van der Waals surface area contributed by atoms with Crippen LogP contribution in [0.5, 0.6) is 0 Å². The highest BCUT2D eigenvalue weighted by molar-refractivity contribution is 7.92. The van der Waals surface area contributed by atoms with E-state index in [1.54, 1.807) is 30.3 Å². The van der Waals surface area contributed by atoms with Crippen molar-refractivity contribution in [3.8, 4) is 22.4 Å². The van der Waals surface area contributed by atoms with Gasteiger partial charge in [-0.2, -0.15) is 4.36 Å². The molecule has 4 atom stereocenters. The van der Waals surface area contributed by atoms with Gasteiger partial charge < -0.3 is 19.3 Å².